The van der Waals surface area contributed by atoms with E-state index >= 15 is 0 Å². The maximum Gasteiger partial charge on any atom is 0.305 e. The van der Waals surface area contributed by atoms with Crippen LogP contribution in [0, 0.1) is 5.41 Å². The number of hydrogen-bond donors (Lipinski definition) is 1. The minimum absolute atomic E-state index is 0.0317. The van der Waals surface area contributed by atoms with Crippen molar-refractivity contribution >= 4 is 5.97 Å². The van der Waals surface area contributed by atoms with Gasteiger partial charge in [-0.15, -0.1) is 0 Å². The molecule has 0 spiro atoms. The van der Waals surface area contributed by atoms with Crippen molar-refractivity contribution in [3.63, 3.8) is 0 Å². The molecule has 0 saturated carbocycles. The molecule has 0 aliphatic carbocycles. The summed E-state index contributed by atoms with van der Waals surface area (Å²) >= 11 is 0. The zero-order valence-electron chi connectivity index (χ0n) is 7.39. The maximum absolute atomic E-state index is 10.7. The van der Waals surface area contributed by atoms with Gasteiger partial charge in [-0.1, -0.05) is 20.8 Å². The summed E-state index contributed by atoms with van der Waals surface area (Å²) < 4.78 is 4.85. The van der Waals surface area contributed by atoms with E-state index in [4.69, 9.17) is 9.84 Å². The Labute approximate surface area is 67.4 Å². The van der Waals surface area contributed by atoms with E-state index in [1.165, 1.54) is 0 Å². The molecule has 0 unspecified atom stereocenters. The lowest BCUT2D eigenvalue weighted by molar-refractivity contribution is -0.147. The summed E-state index contributed by atoms with van der Waals surface area (Å²) in [7, 11) is 0. The average Bonchev–Trinajstić information content (AvgIpc) is 2.00. The minimum atomic E-state index is -0.315. The number of aliphatic hydroxyl groups is 1. The van der Waals surface area contributed by atoms with Crippen LogP contribution in [0.2, 0.25) is 0 Å². The lowest BCUT2D eigenvalue weighted by Crippen LogP contribution is -2.25. The Morgan fingerprint density at radius 3 is 2.45 bits per heavy atom. The predicted molar refractivity (Wildman–Crippen MR) is 42.1 cm³/mol. The Hall–Kier alpha value is -0.570. The number of rotatable bonds is 4. The highest BCUT2D eigenvalue weighted by molar-refractivity contribution is 5.68. The van der Waals surface area contributed by atoms with Gasteiger partial charge in [0.05, 0.1) is 13.2 Å². The summed E-state index contributed by atoms with van der Waals surface area (Å²) in [6.07, 6.45) is 0.390. The van der Waals surface area contributed by atoms with Gasteiger partial charge in [0.25, 0.3) is 0 Å². The summed E-state index contributed by atoms with van der Waals surface area (Å²) in [6.45, 7) is 5.75. The number of carbonyl (C=O) groups excluding carboxylic acids is 1. The third-order valence-electron chi connectivity index (χ3n) is 1.34. The lowest BCUT2D eigenvalue weighted by atomic mass is 9.97. The Bertz CT molecular complexity index is 129. The van der Waals surface area contributed by atoms with Crippen molar-refractivity contribution in [1.29, 1.82) is 0 Å². The highest BCUT2D eigenvalue weighted by Crippen LogP contribution is 2.13. The summed E-state index contributed by atoms with van der Waals surface area (Å²) in [6, 6.07) is 0. The predicted octanol–water partition coefficient (Wildman–Crippen LogP) is 0.958. The quantitative estimate of drug-likeness (QED) is 0.623. The largest absolute Gasteiger partial charge is 0.465 e. The highest BCUT2D eigenvalue weighted by atomic mass is 16.5. The SMILES string of the molecule is CCC(=O)OCC(C)(C)CO. The number of hydrogen-bond acceptors (Lipinski definition) is 3. The first-order valence-corrected chi connectivity index (χ1v) is 3.78. The topological polar surface area (TPSA) is 46.5 Å². The van der Waals surface area contributed by atoms with E-state index in [0.717, 1.165) is 0 Å². The molecule has 0 heterocycles. The first kappa shape index (κ1) is 10.4. The number of ether oxygens (including phenoxy) is 1. The Morgan fingerprint density at radius 2 is 2.09 bits per heavy atom. The standard InChI is InChI=1S/C8H16O3/c1-4-7(10)11-6-8(2,3)5-9/h9H,4-6H2,1-3H3. The second kappa shape index (κ2) is 4.34. The molecule has 0 radical (unpaired) electrons. The first-order valence-electron chi connectivity index (χ1n) is 3.78. The summed E-state index contributed by atoms with van der Waals surface area (Å²) in [4.78, 5) is 10.7. The molecule has 3 nitrogen and oxygen atoms in total. The normalized spacial score (nSPS) is 11.3. The van der Waals surface area contributed by atoms with Gasteiger partial charge in [-0.25, -0.2) is 0 Å². The van der Waals surface area contributed by atoms with Crippen LogP contribution < -0.4 is 0 Å². The Balaban J connectivity index is 3.61. The monoisotopic (exact) mass is 160 g/mol. The molecule has 66 valence electrons. The Morgan fingerprint density at radius 1 is 1.55 bits per heavy atom. The van der Waals surface area contributed by atoms with Gasteiger partial charge in [0, 0.05) is 11.8 Å². The van der Waals surface area contributed by atoms with E-state index in [9.17, 15) is 4.79 Å². The van der Waals surface area contributed by atoms with Gasteiger partial charge in [-0.3, -0.25) is 4.79 Å². The van der Waals surface area contributed by atoms with Gasteiger partial charge < -0.3 is 9.84 Å². The molecule has 1 N–H and O–H groups in total. The smallest absolute Gasteiger partial charge is 0.305 e. The van der Waals surface area contributed by atoms with Gasteiger partial charge in [-0.05, 0) is 0 Å². The van der Waals surface area contributed by atoms with Crippen LogP contribution in [-0.4, -0.2) is 24.3 Å². The fraction of sp³-hybridized carbons (Fsp3) is 0.875. The fourth-order valence-corrected chi connectivity index (χ4v) is 0.424. The van der Waals surface area contributed by atoms with E-state index in [-0.39, 0.29) is 24.6 Å². The second-order valence-electron chi connectivity index (χ2n) is 3.34. The van der Waals surface area contributed by atoms with Gasteiger partial charge in [0.15, 0.2) is 0 Å². The van der Waals surface area contributed by atoms with E-state index < -0.39 is 0 Å². The fourth-order valence-electron chi connectivity index (χ4n) is 0.424. The summed E-state index contributed by atoms with van der Waals surface area (Å²) in [5.74, 6) is -0.216. The van der Waals surface area contributed by atoms with Crippen LogP contribution in [0.5, 0.6) is 0 Å². The third-order valence-corrected chi connectivity index (χ3v) is 1.34. The molecule has 0 aromatic heterocycles. The maximum atomic E-state index is 10.7. The molecule has 3 heteroatoms. The number of carbonyl (C=O) groups is 1. The molecule has 0 atom stereocenters. The Kier molecular flexibility index (Phi) is 4.11. The molecule has 0 aromatic rings. The minimum Gasteiger partial charge on any atom is -0.465 e. The van der Waals surface area contributed by atoms with Crippen LogP contribution in [0.25, 0.3) is 0 Å². The average molecular weight is 160 g/mol. The van der Waals surface area contributed by atoms with Gasteiger partial charge in [0.2, 0.25) is 0 Å². The van der Waals surface area contributed by atoms with E-state index in [2.05, 4.69) is 0 Å². The van der Waals surface area contributed by atoms with Gasteiger partial charge in [-0.2, -0.15) is 0 Å². The molecular formula is C8H16O3. The number of aliphatic hydroxyl groups excluding tert-OH is 1. The summed E-state index contributed by atoms with van der Waals surface area (Å²) in [5.41, 5.74) is -0.315. The van der Waals surface area contributed by atoms with Crippen molar-refractivity contribution < 1.29 is 14.6 Å². The van der Waals surface area contributed by atoms with Crippen LogP contribution in [0.3, 0.4) is 0 Å². The van der Waals surface area contributed by atoms with Crippen molar-refractivity contribution in [1.82, 2.24) is 0 Å². The molecule has 0 aliphatic heterocycles. The molecule has 0 aromatic carbocycles. The zero-order chi connectivity index (χ0) is 8.91. The van der Waals surface area contributed by atoms with Crippen molar-refractivity contribution in [2.75, 3.05) is 13.2 Å². The van der Waals surface area contributed by atoms with Crippen LogP contribution in [0.1, 0.15) is 27.2 Å². The van der Waals surface area contributed by atoms with Crippen molar-refractivity contribution in [3.8, 4) is 0 Å². The van der Waals surface area contributed by atoms with Crippen LogP contribution in [-0.2, 0) is 9.53 Å². The van der Waals surface area contributed by atoms with Gasteiger partial charge >= 0.3 is 5.97 Å². The first-order chi connectivity index (χ1) is 5.02. The van der Waals surface area contributed by atoms with E-state index in [0.29, 0.717) is 6.42 Å². The van der Waals surface area contributed by atoms with Crippen LogP contribution >= 0.6 is 0 Å². The van der Waals surface area contributed by atoms with E-state index in [1.54, 1.807) is 6.92 Å². The molecule has 11 heavy (non-hydrogen) atoms. The van der Waals surface area contributed by atoms with E-state index in [1.807, 2.05) is 13.8 Å². The highest BCUT2D eigenvalue weighted by Gasteiger charge is 2.18. The van der Waals surface area contributed by atoms with Crippen molar-refractivity contribution in [3.05, 3.63) is 0 Å². The summed E-state index contributed by atoms with van der Waals surface area (Å²) in [5, 5.41) is 8.79. The second-order valence-corrected chi connectivity index (χ2v) is 3.34. The molecule has 0 amide bonds. The molecular weight excluding hydrogens is 144 g/mol. The molecule has 0 fully saturated rings. The zero-order valence-corrected chi connectivity index (χ0v) is 7.39. The molecule has 0 saturated heterocycles. The third kappa shape index (κ3) is 4.79. The molecule has 0 bridgehead atoms. The van der Waals surface area contributed by atoms with Crippen LogP contribution in [0.4, 0.5) is 0 Å². The number of esters is 1. The van der Waals surface area contributed by atoms with Crippen LogP contribution in [0.15, 0.2) is 0 Å². The molecule has 0 aliphatic rings. The van der Waals surface area contributed by atoms with Crippen molar-refractivity contribution in [2.24, 2.45) is 5.41 Å². The lowest BCUT2D eigenvalue weighted by Gasteiger charge is -2.20. The van der Waals surface area contributed by atoms with Gasteiger partial charge in [0.1, 0.15) is 0 Å². The van der Waals surface area contributed by atoms with Crippen molar-refractivity contribution in [2.45, 2.75) is 27.2 Å². The molecule has 0 rings (SSSR count).